The lowest BCUT2D eigenvalue weighted by molar-refractivity contribution is -0.143. The van der Waals surface area contributed by atoms with Crippen LogP contribution >= 0.6 is 0 Å². The van der Waals surface area contributed by atoms with Gasteiger partial charge in [-0.05, 0) is 54.7 Å². The third-order valence-electron chi connectivity index (χ3n) is 8.30. The monoisotopic (exact) mass is 634 g/mol. The quantitative estimate of drug-likeness (QED) is 0.193. The van der Waals surface area contributed by atoms with Gasteiger partial charge in [-0.3, -0.25) is 4.57 Å². The number of piperidine rings is 1. The second-order valence-electron chi connectivity index (χ2n) is 11.3. The summed E-state index contributed by atoms with van der Waals surface area (Å²) in [5, 5.41) is 9.85. The zero-order valence-electron chi connectivity index (χ0n) is 24.3. The van der Waals surface area contributed by atoms with Crippen molar-refractivity contribution >= 4 is 0 Å². The number of hydrogen-bond donors (Lipinski definition) is 2. The van der Waals surface area contributed by atoms with Gasteiger partial charge < -0.3 is 14.8 Å². The lowest BCUT2D eigenvalue weighted by atomic mass is 9.76. The smallest absolute Gasteiger partial charge is 0.374 e. The first-order valence-electron chi connectivity index (χ1n) is 14.3. The summed E-state index contributed by atoms with van der Waals surface area (Å²) in [7, 11) is 0. The minimum atomic E-state index is -4.97. The maximum absolute atomic E-state index is 13.5. The number of H-pyrrole nitrogens is 1. The van der Waals surface area contributed by atoms with Crippen LogP contribution in [0.15, 0.2) is 90.0 Å². The molecule has 1 aromatic heterocycles. The van der Waals surface area contributed by atoms with E-state index in [0.717, 1.165) is 11.1 Å². The molecule has 240 valence electrons. The number of ether oxygens (including phenoxy) is 2. The summed E-state index contributed by atoms with van der Waals surface area (Å²) in [5.74, 6) is 0. The van der Waals surface area contributed by atoms with Crippen LogP contribution in [0.1, 0.15) is 53.7 Å². The van der Waals surface area contributed by atoms with E-state index in [-0.39, 0.29) is 31.4 Å². The number of aromatic amines is 1. The van der Waals surface area contributed by atoms with Gasteiger partial charge in [0.15, 0.2) is 0 Å². The summed E-state index contributed by atoms with van der Waals surface area (Å²) in [6, 6.07) is 20.2. The van der Waals surface area contributed by atoms with Gasteiger partial charge in [-0.2, -0.15) is 31.4 Å². The van der Waals surface area contributed by atoms with Gasteiger partial charge in [0.25, 0.3) is 0 Å². The molecule has 4 aromatic rings. The molecule has 1 fully saturated rings. The predicted molar refractivity (Wildman–Crippen MR) is 153 cm³/mol. The van der Waals surface area contributed by atoms with Crippen molar-refractivity contribution in [3.8, 4) is 0 Å². The van der Waals surface area contributed by atoms with Crippen LogP contribution in [-0.2, 0) is 39.5 Å². The van der Waals surface area contributed by atoms with Gasteiger partial charge in [0.1, 0.15) is 6.33 Å². The number of benzene rings is 3. The topological polar surface area (TPSA) is 81.2 Å². The Bertz CT molecular complexity index is 1580. The van der Waals surface area contributed by atoms with E-state index < -0.39 is 46.4 Å². The van der Waals surface area contributed by atoms with Crippen LogP contribution in [0.3, 0.4) is 0 Å². The number of rotatable bonds is 10. The number of halogens is 6. The van der Waals surface area contributed by atoms with Gasteiger partial charge in [-0.25, -0.2) is 9.89 Å². The van der Waals surface area contributed by atoms with Crippen LogP contribution < -0.4 is 11.0 Å². The molecule has 13 heteroatoms. The second kappa shape index (κ2) is 12.8. The predicted octanol–water partition coefficient (Wildman–Crippen LogP) is 6.58. The van der Waals surface area contributed by atoms with Gasteiger partial charge >= 0.3 is 18.0 Å². The van der Waals surface area contributed by atoms with Crippen molar-refractivity contribution < 1.29 is 35.8 Å². The van der Waals surface area contributed by atoms with Crippen LogP contribution in [0.2, 0.25) is 0 Å². The highest BCUT2D eigenvalue weighted by molar-refractivity contribution is 5.35. The van der Waals surface area contributed by atoms with Gasteiger partial charge in [0.05, 0.1) is 48.1 Å². The first-order chi connectivity index (χ1) is 21.3. The number of hydrogen-bond acceptors (Lipinski definition) is 5. The number of alkyl halides is 6. The van der Waals surface area contributed by atoms with E-state index in [9.17, 15) is 31.1 Å². The molecule has 0 aliphatic carbocycles. The molecule has 0 spiro atoms. The van der Waals surface area contributed by atoms with Gasteiger partial charge in [-0.15, -0.1) is 0 Å². The zero-order valence-corrected chi connectivity index (χ0v) is 24.3. The molecule has 1 aliphatic rings. The van der Waals surface area contributed by atoms with E-state index in [2.05, 4.69) is 15.5 Å². The van der Waals surface area contributed by atoms with Crippen molar-refractivity contribution in [3.05, 3.63) is 123 Å². The highest BCUT2D eigenvalue weighted by Gasteiger charge is 2.46. The Kier molecular flexibility index (Phi) is 9.24. The largest absolute Gasteiger partial charge is 0.416 e. The second-order valence-corrected chi connectivity index (χ2v) is 11.3. The van der Waals surface area contributed by atoms with E-state index in [0.29, 0.717) is 31.6 Å². The van der Waals surface area contributed by atoms with Crippen molar-refractivity contribution in [1.29, 1.82) is 0 Å². The minimum absolute atomic E-state index is 0.0724. The standard InChI is InChI=1S/C32H32F6N4O3/c1-22(24-14-26(31(33,34)35)16-27(15-24)32(36,37)38)45-20-30(25-10-6-3-7-11-25)13-12-29(18-39-30,42-21-40-41-28(42)43)19-44-17-23-8-4-2-5-9-23/h2-11,14-16,21-22,39H,12-13,17-20H2,1H3,(H,41,43)/t22-,29+,30-/m1/s1. The third-order valence-corrected chi connectivity index (χ3v) is 8.30. The molecule has 5 rings (SSSR count). The lowest BCUT2D eigenvalue weighted by Gasteiger charge is -2.47. The molecule has 0 unspecified atom stereocenters. The Balaban J connectivity index is 1.40. The summed E-state index contributed by atoms with van der Waals surface area (Å²) in [6.45, 7) is 2.06. The Hall–Kier alpha value is -3.94. The molecule has 0 saturated carbocycles. The van der Waals surface area contributed by atoms with Crippen LogP contribution in [-0.4, -0.2) is 34.5 Å². The maximum atomic E-state index is 13.5. The van der Waals surface area contributed by atoms with E-state index in [1.165, 1.54) is 17.8 Å². The summed E-state index contributed by atoms with van der Waals surface area (Å²) < 4.78 is 94.7. The van der Waals surface area contributed by atoms with Crippen LogP contribution in [0.5, 0.6) is 0 Å². The van der Waals surface area contributed by atoms with Crippen LogP contribution in [0, 0.1) is 0 Å². The first-order valence-corrected chi connectivity index (χ1v) is 14.3. The number of aromatic nitrogens is 3. The van der Waals surface area contributed by atoms with Crippen LogP contribution in [0.4, 0.5) is 26.3 Å². The maximum Gasteiger partial charge on any atom is 0.416 e. The minimum Gasteiger partial charge on any atom is -0.374 e. The Morgan fingerprint density at radius 1 is 0.889 bits per heavy atom. The molecule has 1 aliphatic heterocycles. The molecule has 0 radical (unpaired) electrons. The number of nitrogens with one attached hydrogen (secondary N) is 2. The van der Waals surface area contributed by atoms with Crippen molar-refractivity contribution in [2.24, 2.45) is 0 Å². The zero-order chi connectivity index (χ0) is 32.3. The summed E-state index contributed by atoms with van der Waals surface area (Å²) in [4.78, 5) is 12.7. The van der Waals surface area contributed by atoms with Crippen molar-refractivity contribution in [3.63, 3.8) is 0 Å². The average Bonchev–Trinajstić information content (AvgIpc) is 3.47. The van der Waals surface area contributed by atoms with E-state index in [4.69, 9.17) is 9.47 Å². The molecule has 3 aromatic carbocycles. The van der Waals surface area contributed by atoms with E-state index in [1.807, 2.05) is 60.7 Å². The fraction of sp³-hybridized carbons (Fsp3) is 0.375. The highest BCUT2D eigenvalue weighted by atomic mass is 19.4. The third kappa shape index (κ3) is 7.32. The molecule has 0 amide bonds. The molecular weight excluding hydrogens is 602 g/mol. The van der Waals surface area contributed by atoms with Gasteiger partial charge in [-0.1, -0.05) is 60.7 Å². The Labute approximate surface area is 255 Å². The number of nitrogens with zero attached hydrogens (tertiary/aromatic N) is 2. The molecule has 2 heterocycles. The molecule has 3 atom stereocenters. The summed E-state index contributed by atoms with van der Waals surface area (Å²) in [6.07, 6.45) is -8.81. The fourth-order valence-corrected chi connectivity index (χ4v) is 5.66. The Morgan fingerprint density at radius 2 is 1.51 bits per heavy atom. The summed E-state index contributed by atoms with van der Waals surface area (Å²) in [5.41, 5.74) is -3.40. The van der Waals surface area contributed by atoms with Crippen molar-refractivity contribution in [2.45, 2.75) is 55.9 Å². The Morgan fingerprint density at radius 3 is 2.04 bits per heavy atom. The van der Waals surface area contributed by atoms with Gasteiger partial charge in [0, 0.05) is 6.54 Å². The molecule has 2 N–H and O–H groups in total. The van der Waals surface area contributed by atoms with Gasteiger partial charge in [0.2, 0.25) is 0 Å². The first kappa shape index (κ1) is 32.5. The van der Waals surface area contributed by atoms with E-state index in [1.54, 1.807) is 0 Å². The van der Waals surface area contributed by atoms with Crippen LogP contribution in [0.25, 0.3) is 0 Å². The SMILES string of the molecule is C[C@@H](OC[C@@]1(c2ccccc2)CC[C@](COCc2ccccc2)(n2cn[nH]c2=O)CN1)c1cc(C(F)(F)F)cc(C(F)(F)F)c1. The molecule has 7 nitrogen and oxygen atoms in total. The summed E-state index contributed by atoms with van der Waals surface area (Å²) >= 11 is 0. The van der Waals surface area contributed by atoms with Crippen molar-refractivity contribution in [2.75, 3.05) is 19.8 Å². The molecule has 0 bridgehead atoms. The highest BCUT2D eigenvalue weighted by Crippen LogP contribution is 2.41. The normalized spacial score (nSPS) is 21.5. The molecule has 45 heavy (non-hydrogen) atoms. The van der Waals surface area contributed by atoms with Crippen molar-refractivity contribution in [1.82, 2.24) is 20.1 Å². The fourth-order valence-electron chi connectivity index (χ4n) is 5.66. The molecular formula is C32H32F6N4O3. The van der Waals surface area contributed by atoms with E-state index >= 15 is 0 Å². The lowest BCUT2D eigenvalue weighted by Crippen LogP contribution is -2.61. The average molecular weight is 635 g/mol. The molecule has 1 saturated heterocycles.